The maximum absolute atomic E-state index is 12.4. The first-order chi connectivity index (χ1) is 13.1. The predicted molar refractivity (Wildman–Crippen MR) is 106 cm³/mol. The van der Waals surface area contributed by atoms with Crippen LogP contribution in [0, 0.1) is 0 Å². The van der Waals surface area contributed by atoms with Crippen LogP contribution in [0.2, 0.25) is 0 Å². The summed E-state index contributed by atoms with van der Waals surface area (Å²) >= 11 is 0. The summed E-state index contributed by atoms with van der Waals surface area (Å²) < 4.78 is 5.43. The quantitative estimate of drug-likeness (QED) is 0.788. The largest absolute Gasteiger partial charge is 0.508 e. The van der Waals surface area contributed by atoms with Gasteiger partial charge in [-0.3, -0.25) is 9.69 Å². The van der Waals surface area contributed by atoms with Gasteiger partial charge in [0.1, 0.15) is 11.5 Å². The third-order valence-corrected chi connectivity index (χ3v) is 4.79. The van der Waals surface area contributed by atoms with E-state index in [1.807, 2.05) is 43.3 Å². The third kappa shape index (κ3) is 6.00. The highest BCUT2D eigenvalue weighted by Gasteiger charge is 2.21. The molecule has 1 saturated heterocycles. The fourth-order valence-corrected chi connectivity index (χ4v) is 3.56. The summed E-state index contributed by atoms with van der Waals surface area (Å²) in [4.78, 5) is 14.7. The van der Waals surface area contributed by atoms with Gasteiger partial charge in [0.15, 0.2) is 0 Å². The number of nitrogens with zero attached hydrogens (tertiary/aromatic N) is 1. The first kappa shape index (κ1) is 19.2. The van der Waals surface area contributed by atoms with Crippen molar-refractivity contribution in [3.05, 3.63) is 59.7 Å². The molecular weight excluding hydrogens is 340 g/mol. The number of aromatic hydroxyl groups is 1. The Kier molecular flexibility index (Phi) is 6.71. The van der Waals surface area contributed by atoms with Crippen LogP contribution in [-0.2, 0) is 17.8 Å². The first-order valence-corrected chi connectivity index (χ1v) is 9.63. The van der Waals surface area contributed by atoms with Crippen molar-refractivity contribution in [2.75, 3.05) is 19.7 Å². The number of likely N-dealkylation sites (tertiary alicyclic amines) is 1. The second-order valence-corrected chi connectivity index (χ2v) is 7.07. The van der Waals surface area contributed by atoms with Crippen LogP contribution in [0.1, 0.15) is 30.9 Å². The predicted octanol–water partition coefficient (Wildman–Crippen LogP) is 3.11. The lowest BCUT2D eigenvalue weighted by atomic mass is 10.0. The number of carbonyl (C=O) groups is 1. The summed E-state index contributed by atoms with van der Waals surface area (Å²) in [5.41, 5.74) is 2.08. The van der Waals surface area contributed by atoms with E-state index in [0.717, 1.165) is 49.4 Å². The van der Waals surface area contributed by atoms with Gasteiger partial charge in [-0.2, -0.15) is 0 Å². The molecule has 2 aromatic rings. The van der Waals surface area contributed by atoms with Gasteiger partial charge in [0.2, 0.25) is 5.91 Å². The molecule has 3 rings (SSSR count). The van der Waals surface area contributed by atoms with Crippen LogP contribution < -0.4 is 10.1 Å². The van der Waals surface area contributed by atoms with Crippen molar-refractivity contribution in [1.29, 1.82) is 0 Å². The Balaban J connectivity index is 1.48. The van der Waals surface area contributed by atoms with Gasteiger partial charge in [-0.25, -0.2) is 0 Å². The zero-order valence-electron chi connectivity index (χ0n) is 15.9. The van der Waals surface area contributed by atoms with Crippen molar-refractivity contribution >= 4 is 5.91 Å². The maximum Gasteiger partial charge on any atom is 0.224 e. The highest BCUT2D eigenvalue weighted by Crippen LogP contribution is 2.17. The minimum atomic E-state index is 0.0587. The molecule has 27 heavy (non-hydrogen) atoms. The number of ether oxygens (including phenoxy) is 1. The molecule has 0 radical (unpaired) electrons. The summed E-state index contributed by atoms with van der Waals surface area (Å²) in [5, 5.41) is 12.8. The van der Waals surface area contributed by atoms with E-state index >= 15 is 0 Å². The average molecular weight is 368 g/mol. The Morgan fingerprint density at radius 1 is 1.22 bits per heavy atom. The molecule has 1 heterocycles. The van der Waals surface area contributed by atoms with Crippen LogP contribution in [0.15, 0.2) is 48.5 Å². The number of piperidine rings is 1. The number of phenols is 1. The molecule has 0 unspecified atom stereocenters. The number of hydrogen-bond donors (Lipinski definition) is 2. The van der Waals surface area contributed by atoms with E-state index < -0.39 is 0 Å². The minimum absolute atomic E-state index is 0.0587. The highest BCUT2D eigenvalue weighted by molar-refractivity contribution is 5.78. The number of amides is 1. The molecule has 1 amide bonds. The van der Waals surface area contributed by atoms with E-state index in [4.69, 9.17) is 4.74 Å². The second kappa shape index (κ2) is 9.42. The number of hydrogen-bond acceptors (Lipinski definition) is 4. The molecule has 144 valence electrons. The average Bonchev–Trinajstić information content (AvgIpc) is 2.64. The van der Waals surface area contributed by atoms with Gasteiger partial charge >= 0.3 is 0 Å². The first-order valence-electron chi connectivity index (χ1n) is 9.63. The van der Waals surface area contributed by atoms with Gasteiger partial charge in [0, 0.05) is 19.1 Å². The van der Waals surface area contributed by atoms with Crippen molar-refractivity contribution in [2.45, 2.75) is 38.8 Å². The van der Waals surface area contributed by atoms with E-state index in [-0.39, 0.29) is 11.9 Å². The highest BCUT2D eigenvalue weighted by atomic mass is 16.5. The lowest BCUT2D eigenvalue weighted by Crippen LogP contribution is -2.47. The molecule has 0 aliphatic carbocycles. The standard InChI is InChI=1S/C22H28N2O3/c1-2-27-21-10-8-17(9-11-21)14-22(26)23-19-6-4-12-24(16-19)15-18-5-3-7-20(25)13-18/h3,5,7-11,13,19,25H,2,4,6,12,14-16H2,1H3,(H,23,26)/t19-/m0/s1. The minimum Gasteiger partial charge on any atom is -0.508 e. The van der Waals surface area contributed by atoms with Gasteiger partial charge in [0.25, 0.3) is 0 Å². The van der Waals surface area contributed by atoms with E-state index in [0.29, 0.717) is 18.8 Å². The summed E-state index contributed by atoms with van der Waals surface area (Å²) in [7, 11) is 0. The van der Waals surface area contributed by atoms with Crippen molar-refractivity contribution in [3.8, 4) is 11.5 Å². The van der Waals surface area contributed by atoms with Crippen LogP contribution in [0.5, 0.6) is 11.5 Å². The van der Waals surface area contributed by atoms with E-state index in [1.165, 1.54) is 0 Å². The monoisotopic (exact) mass is 368 g/mol. The fourth-order valence-electron chi connectivity index (χ4n) is 3.56. The Morgan fingerprint density at radius 2 is 2.04 bits per heavy atom. The zero-order valence-corrected chi connectivity index (χ0v) is 15.9. The number of phenolic OH excluding ortho intramolecular Hbond substituents is 1. The molecule has 5 nitrogen and oxygen atoms in total. The zero-order chi connectivity index (χ0) is 19.1. The van der Waals surface area contributed by atoms with Gasteiger partial charge in [-0.1, -0.05) is 24.3 Å². The lowest BCUT2D eigenvalue weighted by molar-refractivity contribution is -0.121. The van der Waals surface area contributed by atoms with Gasteiger partial charge in [-0.05, 0) is 61.7 Å². The topological polar surface area (TPSA) is 61.8 Å². The van der Waals surface area contributed by atoms with Crippen LogP contribution in [0.4, 0.5) is 0 Å². The van der Waals surface area contributed by atoms with Gasteiger partial charge < -0.3 is 15.2 Å². The molecular formula is C22H28N2O3. The molecule has 0 spiro atoms. The SMILES string of the molecule is CCOc1ccc(CC(=O)N[C@H]2CCCN(Cc3cccc(O)c3)C2)cc1. The molecule has 2 aromatic carbocycles. The number of rotatable bonds is 7. The fraction of sp³-hybridized carbons (Fsp3) is 0.409. The van der Waals surface area contributed by atoms with Crippen LogP contribution in [-0.4, -0.2) is 41.7 Å². The third-order valence-electron chi connectivity index (χ3n) is 4.79. The molecule has 0 aromatic heterocycles. The van der Waals surface area contributed by atoms with E-state index in [9.17, 15) is 9.90 Å². The maximum atomic E-state index is 12.4. The Morgan fingerprint density at radius 3 is 2.78 bits per heavy atom. The van der Waals surface area contributed by atoms with Crippen molar-refractivity contribution in [1.82, 2.24) is 10.2 Å². The summed E-state index contributed by atoms with van der Waals surface area (Å²) in [6.45, 7) is 5.24. The van der Waals surface area contributed by atoms with E-state index in [1.54, 1.807) is 12.1 Å². The molecule has 1 aliphatic rings. The Hall–Kier alpha value is -2.53. The van der Waals surface area contributed by atoms with Crippen LogP contribution >= 0.6 is 0 Å². The molecule has 2 N–H and O–H groups in total. The van der Waals surface area contributed by atoms with Gasteiger partial charge in [0.05, 0.1) is 13.0 Å². The summed E-state index contributed by atoms with van der Waals surface area (Å²) in [5.74, 6) is 1.18. The Labute approximate surface area is 161 Å². The summed E-state index contributed by atoms with van der Waals surface area (Å²) in [6.07, 6.45) is 2.45. The smallest absolute Gasteiger partial charge is 0.224 e. The number of carbonyl (C=O) groups excluding carboxylic acids is 1. The molecule has 5 heteroatoms. The second-order valence-electron chi connectivity index (χ2n) is 7.07. The molecule has 0 bridgehead atoms. The number of benzene rings is 2. The summed E-state index contributed by atoms with van der Waals surface area (Å²) in [6, 6.07) is 15.2. The molecule has 0 saturated carbocycles. The molecule has 1 fully saturated rings. The van der Waals surface area contributed by atoms with Crippen molar-refractivity contribution in [3.63, 3.8) is 0 Å². The Bertz CT molecular complexity index is 745. The molecule has 1 aliphatic heterocycles. The number of nitrogens with one attached hydrogen (secondary N) is 1. The van der Waals surface area contributed by atoms with Gasteiger partial charge in [-0.15, -0.1) is 0 Å². The van der Waals surface area contributed by atoms with Crippen molar-refractivity contribution < 1.29 is 14.6 Å². The van der Waals surface area contributed by atoms with E-state index in [2.05, 4.69) is 10.2 Å². The van der Waals surface area contributed by atoms with Crippen LogP contribution in [0.3, 0.4) is 0 Å². The van der Waals surface area contributed by atoms with Crippen molar-refractivity contribution in [2.24, 2.45) is 0 Å². The van der Waals surface area contributed by atoms with Crippen LogP contribution in [0.25, 0.3) is 0 Å². The lowest BCUT2D eigenvalue weighted by Gasteiger charge is -2.33. The normalized spacial score (nSPS) is 17.4. The molecule has 1 atom stereocenters.